The Balaban J connectivity index is 1.68. The topological polar surface area (TPSA) is 68.1 Å². The normalized spacial score (nSPS) is 15.9. The van der Waals surface area contributed by atoms with Gasteiger partial charge in [-0.2, -0.15) is 10.1 Å². The minimum absolute atomic E-state index is 0.0905. The van der Waals surface area contributed by atoms with E-state index in [0.29, 0.717) is 28.2 Å². The molecular weight excluding hydrogens is 456 g/mol. The highest BCUT2D eigenvalue weighted by Crippen LogP contribution is 2.47. The summed E-state index contributed by atoms with van der Waals surface area (Å²) in [5.41, 5.74) is 4.53. The molecule has 3 aromatic carbocycles. The lowest BCUT2D eigenvalue weighted by Crippen LogP contribution is -2.39. The Labute approximate surface area is 185 Å². The molecule has 31 heavy (non-hydrogen) atoms. The van der Waals surface area contributed by atoms with Crippen LogP contribution in [0.3, 0.4) is 0 Å². The zero-order valence-corrected chi connectivity index (χ0v) is 18.0. The summed E-state index contributed by atoms with van der Waals surface area (Å²) in [6.07, 6.45) is -0.496. The van der Waals surface area contributed by atoms with Crippen LogP contribution in [-0.2, 0) is 0 Å². The van der Waals surface area contributed by atoms with Crippen molar-refractivity contribution in [1.82, 2.24) is 14.8 Å². The molecule has 3 heterocycles. The van der Waals surface area contributed by atoms with Crippen LogP contribution >= 0.6 is 15.9 Å². The summed E-state index contributed by atoms with van der Waals surface area (Å²) in [4.78, 5) is 32.5. The third-order valence-electron chi connectivity index (χ3n) is 5.78. The Morgan fingerprint density at radius 1 is 0.935 bits per heavy atom. The summed E-state index contributed by atoms with van der Waals surface area (Å²) in [5.74, 6) is 0.357. The molecule has 0 radical (unpaired) electrons. The predicted molar refractivity (Wildman–Crippen MR) is 121 cm³/mol. The molecule has 0 bridgehead atoms. The smallest absolute Gasteiger partial charge is 0.280 e. The van der Waals surface area contributed by atoms with Gasteiger partial charge in [0, 0.05) is 26.7 Å². The molecule has 6 rings (SSSR count). The van der Waals surface area contributed by atoms with E-state index >= 15 is 0 Å². The molecule has 4 aromatic rings. The number of carbonyl (C=O) groups is 1. The van der Waals surface area contributed by atoms with Gasteiger partial charge in [0.15, 0.2) is 17.7 Å². The number of hydrogen-bond acceptors (Lipinski definition) is 4. The van der Waals surface area contributed by atoms with Gasteiger partial charge in [0.2, 0.25) is 0 Å². The second kappa shape index (κ2) is 6.46. The molecule has 150 valence electrons. The molecule has 2 aliphatic heterocycles. The second-order valence-corrected chi connectivity index (χ2v) is 8.61. The van der Waals surface area contributed by atoms with Crippen molar-refractivity contribution < 1.29 is 4.79 Å². The quantitative estimate of drug-likeness (QED) is 0.408. The van der Waals surface area contributed by atoms with Crippen molar-refractivity contribution in [2.45, 2.75) is 13.1 Å². The van der Waals surface area contributed by atoms with Gasteiger partial charge in [-0.1, -0.05) is 64.0 Å². The van der Waals surface area contributed by atoms with Crippen LogP contribution in [-0.4, -0.2) is 20.7 Å². The summed E-state index contributed by atoms with van der Waals surface area (Å²) < 4.78 is 2.53. The fourth-order valence-electron chi connectivity index (χ4n) is 4.32. The van der Waals surface area contributed by atoms with E-state index in [9.17, 15) is 9.59 Å². The number of nitrogens with zero attached hydrogens (tertiary/aromatic N) is 4. The second-order valence-electron chi connectivity index (χ2n) is 7.70. The maximum Gasteiger partial charge on any atom is 0.300 e. The van der Waals surface area contributed by atoms with Crippen molar-refractivity contribution in [1.29, 1.82) is 0 Å². The average Bonchev–Trinajstić information content (AvgIpc) is 3.07. The maximum absolute atomic E-state index is 13.3. The zero-order valence-electron chi connectivity index (χ0n) is 16.4. The molecule has 1 amide bonds. The Hall–Kier alpha value is -3.58. The molecule has 6 nitrogen and oxygen atoms in total. The third kappa shape index (κ3) is 2.56. The van der Waals surface area contributed by atoms with Crippen LogP contribution in [0.5, 0.6) is 0 Å². The number of fused-ring (bicyclic) bond motifs is 8. The number of hydrogen-bond donors (Lipinski definition) is 0. The standard InChI is InChI=1S/C24H15BrN4O2/c1-13-6-8-14(9-7-13)20-22(30)26-21-18-12-15(25)10-11-19(18)28-23(29(21)27-20)16-4-2-3-5-17(16)24(28)31/h2-12,23H,1H3/t23-/m1/s1. The van der Waals surface area contributed by atoms with Crippen molar-refractivity contribution in [3.8, 4) is 22.6 Å². The largest absolute Gasteiger partial charge is 0.300 e. The maximum atomic E-state index is 13.3. The van der Waals surface area contributed by atoms with E-state index in [4.69, 9.17) is 5.10 Å². The van der Waals surface area contributed by atoms with Crippen LogP contribution in [0.25, 0.3) is 22.6 Å². The molecule has 7 heteroatoms. The highest BCUT2D eigenvalue weighted by atomic mass is 79.9. The summed E-state index contributed by atoms with van der Waals surface area (Å²) in [7, 11) is 0. The van der Waals surface area contributed by atoms with Gasteiger partial charge < -0.3 is 0 Å². The fourth-order valence-corrected chi connectivity index (χ4v) is 4.68. The lowest BCUT2D eigenvalue weighted by molar-refractivity contribution is 0.0986. The number of aromatic nitrogens is 3. The summed E-state index contributed by atoms with van der Waals surface area (Å²) in [5, 5.41) is 4.75. The molecule has 0 unspecified atom stereocenters. The molecular formula is C24H15BrN4O2. The van der Waals surface area contributed by atoms with E-state index in [-0.39, 0.29) is 11.6 Å². The number of rotatable bonds is 1. The minimum Gasteiger partial charge on any atom is -0.280 e. The molecule has 1 atom stereocenters. The number of aryl methyl sites for hydroxylation is 1. The Bertz CT molecular complexity index is 1460. The Morgan fingerprint density at radius 2 is 1.71 bits per heavy atom. The highest BCUT2D eigenvalue weighted by molar-refractivity contribution is 9.10. The van der Waals surface area contributed by atoms with Gasteiger partial charge >= 0.3 is 0 Å². The number of halogens is 1. The van der Waals surface area contributed by atoms with Gasteiger partial charge in [0.1, 0.15) is 0 Å². The van der Waals surface area contributed by atoms with Crippen molar-refractivity contribution in [2.24, 2.45) is 0 Å². The molecule has 0 spiro atoms. The van der Waals surface area contributed by atoms with Crippen molar-refractivity contribution in [3.63, 3.8) is 0 Å². The Kier molecular flexibility index (Phi) is 3.79. The van der Waals surface area contributed by atoms with Crippen molar-refractivity contribution in [2.75, 3.05) is 4.90 Å². The van der Waals surface area contributed by atoms with Crippen LogP contribution in [0, 0.1) is 6.92 Å². The SMILES string of the molecule is Cc1ccc(-c2nn3c(nc2=O)-c2cc(Br)ccc2N2C(=O)c4ccccc4[C@H]23)cc1. The molecule has 0 aliphatic carbocycles. The minimum atomic E-state index is -0.496. The van der Waals surface area contributed by atoms with E-state index in [1.807, 2.05) is 73.7 Å². The lowest BCUT2D eigenvalue weighted by atomic mass is 10.1. The van der Waals surface area contributed by atoms with Gasteiger partial charge in [-0.3, -0.25) is 14.5 Å². The average molecular weight is 471 g/mol. The predicted octanol–water partition coefficient (Wildman–Crippen LogP) is 4.56. The van der Waals surface area contributed by atoms with Crippen molar-refractivity contribution in [3.05, 3.63) is 98.2 Å². The fraction of sp³-hybridized carbons (Fsp3) is 0.0833. The first-order valence-electron chi connectivity index (χ1n) is 9.83. The first kappa shape index (κ1) is 18.2. The Morgan fingerprint density at radius 3 is 2.52 bits per heavy atom. The van der Waals surface area contributed by atoms with E-state index in [1.165, 1.54) is 0 Å². The molecule has 0 saturated carbocycles. The van der Waals surface area contributed by atoms with Gasteiger partial charge in [0.25, 0.3) is 11.5 Å². The first-order chi connectivity index (χ1) is 15.0. The molecule has 0 saturated heterocycles. The number of carbonyl (C=O) groups excluding carboxylic acids is 1. The van der Waals surface area contributed by atoms with Gasteiger partial charge in [-0.25, -0.2) is 4.68 Å². The number of amides is 1. The molecule has 0 N–H and O–H groups in total. The summed E-state index contributed by atoms with van der Waals surface area (Å²) in [6, 6.07) is 20.8. The van der Waals surface area contributed by atoms with Crippen LogP contribution < -0.4 is 10.5 Å². The first-order valence-corrected chi connectivity index (χ1v) is 10.6. The third-order valence-corrected chi connectivity index (χ3v) is 6.28. The van der Waals surface area contributed by atoms with Gasteiger partial charge in [-0.15, -0.1) is 0 Å². The van der Waals surface area contributed by atoms with Gasteiger partial charge in [-0.05, 0) is 31.2 Å². The lowest BCUT2D eigenvalue weighted by Gasteiger charge is -2.34. The van der Waals surface area contributed by atoms with Gasteiger partial charge in [0.05, 0.1) is 5.69 Å². The van der Waals surface area contributed by atoms with E-state index in [2.05, 4.69) is 20.9 Å². The van der Waals surface area contributed by atoms with Crippen LogP contribution in [0.15, 0.2) is 76.0 Å². The van der Waals surface area contributed by atoms with E-state index in [0.717, 1.165) is 15.6 Å². The van der Waals surface area contributed by atoms with Crippen LogP contribution in [0.2, 0.25) is 0 Å². The molecule has 0 fully saturated rings. The number of anilines is 1. The van der Waals surface area contributed by atoms with E-state index in [1.54, 1.807) is 9.58 Å². The van der Waals surface area contributed by atoms with Crippen LogP contribution in [0.1, 0.15) is 27.7 Å². The number of benzene rings is 3. The summed E-state index contributed by atoms with van der Waals surface area (Å²) in [6.45, 7) is 1.99. The van der Waals surface area contributed by atoms with E-state index < -0.39 is 11.7 Å². The highest BCUT2D eigenvalue weighted by Gasteiger charge is 2.44. The summed E-state index contributed by atoms with van der Waals surface area (Å²) >= 11 is 3.50. The zero-order chi connectivity index (χ0) is 21.3. The molecule has 1 aromatic heterocycles. The van der Waals surface area contributed by atoms with Crippen molar-refractivity contribution >= 4 is 27.5 Å². The molecule has 2 aliphatic rings. The van der Waals surface area contributed by atoms with Crippen LogP contribution in [0.4, 0.5) is 5.69 Å². The monoisotopic (exact) mass is 470 g/mol.